The van der Waals surface area contributed by atoms with Gasteiger partial charge in [-0.05, 0) is 37.0 Å². The molecule has 0 radical (unpaired) electrons. The van der Waals surface area contributed by atoms with Gasteiger partial charge in [0.25, 0.3) is 0 Å². The average Bonchev–Trinajstić information content (AvgIpc) is 2.46. The van der Waals surface area contributed by atoms with E-state index in [1.54, 1.807) is 6.07 Å². The van der Waals surface area contributed by atoms with Crippen molar-refractivity contribution in [3.05, 3.63) is 35.1 Å². The molecule has 2 atom stereocenters. The fourth-order valence-electron chi connectivity index (χ4n) is 2.70. The molecule has 1 saturated carbocycles. The van der Waals surface area contributed by atoms with E-state index in [0.717, 1.165) is 0 Å². The van der Waals surface area contributed by atoms with Crippen LogP contribution in [0.3, 0.4) is 0 Å². The van der Waals surface area contributed by atoms with Gasteiger partial charge in [0.1, 0.15) is 11.9 Å². The molecule has 0 amide bonds. The largest absolute Gasteiger partial charge is 0.391 e. The Balaban J connectivity index is 1.93. The van der Waals surface area contributed by atoms with Crippen molar-refractivity contribution in [3.63, 3.8) is 0 Å². The smallest absolute Gasteiger partial charge is 0.310 e. The lowest BCUT2D eigenvalue weighted by molar-refractivity contribution is -0.183. The predicted molar refractivity (Wildman–Crippen MR) is 69.8 cm³/mol. The number of halogens is 4. The molecular weight excluding hydrogens is 284 g/mol. The maximum Gasteiger partial charge on any atom is 0.391 e. The number of nitriles is 1. The van der Waals surface area contributed by atoms with Crippen molar-refractivity contribution in [1.82, 2.24) is 5.32 Å². The Labute approximate surface area is 120 Å². The first-order valence-corrected chi connectivity index (χ1v) is 6.89. The van der Waals surface area contributed by atoms with Crippen molar-refractivity contribution in [3.8, 4) is 6.07 Å². The Morgan fingerprint density at radius 2 is 2.05 bits per heavy atom. The summed E-state index contributed by atoms with van der Waals surface area (Å²) in [7, 11) is 0. The maximum absolute atomic E-state index is 13.2. The molecular formula is C15H16F4N2. The molecule has 6 heteroatoms. The van der Waals surface area contributed by atoms with E-state index < -0.39 is 17.9 Å². The second-order valence-electron chi connectivity index (χ2n) is 5.41. The van der Waals surface area contributed by atoms with Crippen LogP contribution in [-0.2, 0) is 6.54 Å². The van der Waals surface area contributed by atoms with E-state index in [1.807, 2.05) is 0 Å². The molecule has 2 nitrogen and oxygen atoms in total. The van der Waals surface area contributed by atoms with Crippen molar-refractivity contribution < 1.29 is 17.6 Å². The van der Waals surface area contributed by atoms with Crippen molar-refractivity contribution in [2.24, 2.45) is 5.92 Å². The summed E-state index contributed by atoms with van der Waals surface area (Å²) in [5.74, 6) is -1.83. The predicted octanol–water partition coefficient (Wildman–Crippen LogP) is 3.91. The first kappa shape index (κ1) is 15.8. The molecule has 2 unspecified atom stereocenters. The molecule has 0 heterocycles. The summed E-state index contributed by atoms with van der Waals surface area (Å²) in [6.07, 6.45) is -2.61. The minimum atomic E-state index is -4.13. The Morgan fingerprint density at radius 3 is 2.71 bits per heavy atom. The Bertz CT molecular complexity index is 533. The number of alkyl halides is 3. The van der Waals surface area contributed by atoms with Crippen LogP contribution < -0.4 is 5.32 Å². The van der Waals surface area contributed by atoms with E-state index in [1.165, 1.54) is 18.2 Å². The fourth-order valence-corrected chi connectivity index (χ4v) is 2.70. The van der Waals surface area contributed by atoms with Crippen LogP contribution in [0.2, 0.25) is 0 Å². The standard InChI is InChI=1S/C15H16F4N2/c16-14-5-4-10(6-11(14)8-20)9-21-13-3-1-2-12(7-13)15(17,18)19/h4-6,12-13,21H,1-3,7,9H2. The Hall–Kier alpha value is -1.61. The van der Waals surface area contributed by atoms with Crippen LogP contribution in [0.4, 0.5) is 17.6 Å². The highest BCUT2D eigenvalue weighted by Gasteiger charge is 2.41. The maximum atomic E-state index is 13.2. The van der Waals surface area contributed by atoms with Gasteiger partial charge in [0.2, 0.25) is 0 Å². The zero-order valence-corrected chi connectivity index (χ0v) is 11.4. The number of benzene rings is 1. The van der Waals surface area contributed by atoms with Gasteiger partial charge in [-0.3, -0.25) is 0 Å². The van der Waals surface area contributed by atoms with Crippen molar-refractivity contribution >= 4 is 0 Å². The zero-order chi connectivity index (χ0) is 15.5. The summed E-state index contributed by atoms with van der Waals surface area (Å²) in [4.78, 5) is 0. The highest BCUT2D eigenvalue weighted by molar-refractivity contribution is 5.34. The first-order chi connectivity index (χ1) is 9.90. The summed E-state index contributed by atoms with van der Waals surface area (Å²) < 4.78 is 51.3. The van der Waals surface area contributed by atoms with Gasteiger partial charge in [-0.1, -0.05) is 12.5 Å². The number of nitrogens with zero attached hydrogens (tertiary/aromatic N) is 1. The van der Waals surface area contributed by atoms with Crippen LogP contribution in [0.1, 0.15) is 36.8 Å². The second-order valence-corrected chi connectivity index (χ2v) is 5.41. The van der Waals surface area contributed by atoms with E-state index in [4.69, 9.17) is 5.26 Å². The van der Waals surface area contributed by atoms with E-state index in [-0.39, 0.29) is 24.4 Å². The van der Waals surface area contributed by atoms with Crippen LogP contribution in [0.15, 0.2) is 18.2 Å². The Morgan fingerprint density at radius 1 is 1.29 bits per heavy atom. The molecule has 0 bridgehead atoms. The molecule has 1 aliphatic rings. The summed E-state index contributed by atoms with van der Waals surface area (Å²) in [5, 5.41) is 11.8. The van der Waals surface area contributed by atoms with E-state index in [2.05, 4.69) is 5.32 Å². The van der Waals surface area contributed by atoms with Crippen LogP contribution in [0.25, 0.3) is 0 Å². The fraction of sp³-hybridized carbons (Fsp3) is 0.533. The quantitative estimate of drug-likeness (QED) is 0.859. The molecule has 1 fully saturated rings. The van der Waals surface area contributed by atoms with Gasteiger partial charge >= 0.3 is 6.18 Å². The highest BCUT2D eigenvalue weighted by atomic mass is 19.4. The highest BCUT2D eigenvalue weighted by Crippen LogP contribution is 2.37. The van der Waals surface area contributed by atoms with Crippen molar-refractivity contribution in [1.29, 1.82) is 5.26 Å². The van der Waals surface area contributed by atoms with Crippen LogP contribution in [-0.4, -0.2) is 12.2 Å². The number of hydrogen-bond donors (Lipinski definition) is 1. The van der Waals surface area contributed by atoms with Gasteiger partial charge in [-0.2, -0.15) is 18.4 Å². The average molecular weight is 300 g/mol. The zero-order valence-electron chi connectivity index (χ0n) is 11.4. The second kappa shape index (κ2) is 6.44. The van der Waals surface area contributed by atoms with E-state index >= 15 is 0 Å². The van der Waals surface area contributed by atoms with E-state index in [9.17, 15) is 17.6 Å². The molecule has 0 spiro atoms. The molecule has 0 saturated heterocycles. The third-order valence-corrected chi connectivity index (χ3v) is 3.88. The first-order valence-electron chi connectivity index (χ1n) is 6.89. The molecule has 2 rings (SSSR count). The van der Waals surface area contributed by atoms with Gasteiger partial charge in [0.05, 0.1) is 11.5 Å². The van der Waals surface area contributed by atoms with Crippen molar-refractivity contribution in [2.45, 2.75) is 44.4 Å². The molecule has 1 N–H and O–H groups in total. The van der Waals surface area contributed by atoms with Crippen molar-refractivity contribution in [2.75, 3.05) is 0 Å². The monoisotopic (exact) mass is 300 g/mol. The third-order valence-electron chi connectivity index (χ3n) is 3.88. The van der Waals surface area contributed by atoms with Gasteiger partial charge in [-0.15, -0.1) is 0 Å². The summed E-state index contributed by atoms with van der Waals surface area (Å²) in [6.45, 7) is 0.338. The van der Waals surface area contributed by atoms with Crippen LogP contribution in [0.5, 0.6) is 0 Å². The summed E-state index contributed by atoms with van der Waals surface area (Å²) >= 11 is 0. The lowest BCUT2D eigenvalue weighted by atomic mass is 9.85. The number of nitrogens with one attached hydrogen (secondary N) is 1. The minimum absolute atomic E-state index is 0.0499. The molecule has 1 aliphatic carbocycles. The molecule has 0 aromatic heterocycles. The number of rotatable bonds is 3. The SMILES string of the molecule is N#Cc1cc(CNC2CCCC(C(F)(F)F)C2)ccc1F. The lowest BCUT2D eigenvalue weighted by Gasteiger charge is -2.31. The topological polar surface area (TPSA) is 35.8 Å². The lowest BCUT2D eigenvalue weighted by Crippen LogP contribution is -2.38. The van der Waals surface area contributed by atoms with Crippen LogP contribution >= 0.6 is 0 Å². The third kappa shape index (κ3) is 4.18. The minimum Gasteiger partial charge on any atom is -0.310 e. The van der Waals surface area contributed by atoms with Gasteiger partial charge in [0.15, 0.2) is 0 Å². The van der Waals surface area contributed by atoms with Crippen LogP contribution in [0, 0.1) is 23.1 Å². The Kier molecular flexibility index (Phi) is 4.84. The molecule has 1 aromatic rings. The van der Waals surface area contributed by atoms with Gasteiger partial charge < -0.3 is 5.32 Å². The van der Waals surface area contributed by atoms with Gasteiger partial charge in [0, 0.05) is 12.6 Å². The van der Waals surface area contributed by atoms with E-state index in [0.29, 0.717) is 24.9 Å². The summed E-state index contributed by atoms with van der Waals surface area (Å²) in [6, 6.07) is 5.72. The molecule has 114 valence electrons. The normalized spacial score (nSPS) is 22.8. The molecule has 21 heavy (non-hydrogen) atoms. The summed E-state index contributed by atoms with van der Waals surface area (Å²) in [5.41, 5.74) is 0.646. The number of hydrogen-bond acceptors (Lipinski definition) is 2. The van der Waals surface area contributed by atoms with Gasteiger partial charge in [-0.25, -0.2) is 4.39 Å². The molecule has 0 aliphatic heterocycles. The molecule has 1 aromatic carbocycles.